The number of primary amides is 1. The van der Waals surface area contributed by atoms with E-state index in [1.807, 2.05) is 55.1 Å². The lowest BCUT2D eigenvalue weighted by molar-refractivity contribution is -0.133. The Morgan fingerprint density at radius 1 is 0.914 bits per heavy atom. The first-order chi connectivity index (χ1) is 16.8. The van der Waals surface area contributed by atoms with E-state index in [0.717, 1.165) is 49.9 Å². The van der Waals surface area contributed by atoms with Crippen LogP contribution in [0.2, 0.25) is 0 Å². The lowest BCUT2D eigenvalue weighted by atomic mass is 9.82. The summed E-state index contributed by atoms with van der Waals surface area (Å²) in [6.07, 6.45) is 3.80. The lowest BCUT2D eigenvalue weighted by Crippen LogP contribution is -2.56. The highest BCUT2D eigenvalue weighted by Crippen LogP contribution is 2.30. The highest BCUT2D eigenvalue weighted by Gasteiger charge is 2.38. The average molecular weight is 477 g/mol. The van der Waals surface area contributed by atoms with Crippen LogP contribution in [0.5, 0.6) is 0 Å². The van der Waals surface area contributed by atoms with Crippen LogP contribution >= 0.6 is 0 Å². The Kier molecular flexibility index (Phi) is 7.86. The van der Waals surface area contributed by atoms with E-state index in [9.17, 15) is 14.4 Å². The van der Waals surface area contributed by atoms with Crippen molar-refractivity contribution in [2.75, 3.05) is 26.2 Å². The van der Waals surface area contributed by atoms with E-state index < -0.39 is 11.9 Å². The number of rotatable bonds is 6. The van der Waals surface area contributed by atoms with Crippen LogP contribution in [0.3, 0.4) is 0 Å². The Hall–Kier alpha value is -3.19. The molecular weight excluding hydrogens is 440 g/mol. The summed E-state index contributed by atoms with van der Waals surface area (Å²) in [6, 6.07) is 14.3. The molecule has 4 rings (SSSR count). The van der Waals surface area contributed by atoms with Crippen LogP contribution in [0.15, 0.2) is 48.5 Å². The van der Waals surface area contributed by atoms with Crippen LogP contribution in [0.4, 0.5) is 0 Å². The van der Waals surface area contributed by atoms with Gasteiger partial charge in [0, 0.05) is 37.8 Å². The maximum absolute atomic E-state index is 13.3. The first-order valence-corrected chi connectivity index (χ1v) is 12.6. The molecule has 2 aromatic carbocycles. The largest absolute Gasteiger partial charge is 0.368 e. The van der Waals surface area contributed by atoms with Crippen molar-refractivity contribution in [1.29, 1.82) is 0 Å². The van der Waals surface area contributed by atoms with Crippen molar-refractivity contribution in [3.8, 4) is 0 Å². The molecule has 1 saturated heterocycles. The molecule has 1 aliphatic heterocycles. The van der Waals surface area contributed by atoms with Gasteiger partial charge in [-0.05, 0) is 55.5 Å². The Morgan fingerprint density at radius 2 is 1.60 bits per heavy atom. The third kappa shape index (κ3) is 5.73. The highest BCUT2D eigenvalue weighted by atomic mass is 16.2. The summed E-state index contributed by atoms with van der Waals surface area (Å²) in [5, 5.41) is 2.93. The van der Waals surface area contributed by atoms with Gasteiger partial charge in [-0.1, -0.05) is 49.2 Å². The van der Waals surface area contributed by atoms with Crippen molar-refractivity contribution in [2.45, 2.75) is 51.6 Å². The van der Waals surface area contributed by atoms with Gasteiger partial charge < -0.3 is 16.0 Å². The summed E-state index contributed by atoms with van der Waals surface area (Å²) < 4.78 is 0. The molecule has 3 amide bonds. The normalized spacial score (nSPS) is 21.8. The average Bonchev–Trinajstić information content (AvgIpc) is 2.88. The van der Waals surface area contributed by atoms with Gasteiger partial charge in [-0.25, -0.2) is 0 Å². The predicted molar refractivity (Wildman–Crippen MR) is 136 cm³/mol. The van der Waals surface area contributed by atoms with Crippen molar-refractivity contribution in [1.82, 2.24) is 15.1 Å². The predicted octanol–water partition coefficient (Wildman–Crippen LogP) is 2.96. The Bertz CT molecular complexity index is 1060. The molecule has 2 aromatic rings. The van der Waals surface area contributed by atoms with E-state index in [1.165, 1.54) is 5.56 Å². The minimum absolute atomic E-state index is 0.0675. The van der Waals surface area contributed by atoms with Gasteiger partial charge in [0.05, 0.1) is 5.92 Å². The van der Waals surface area contributed by atoms with E-state index in [4.69, 9.17) is 5.73 Å². The van der Waals surface area contributed by atoms with E-state index >= 15 is 0 Å². The number of amides is 3. The zero-order valence-corrected chi connectivity index (χ0v) is 20.7. The number of aryl methyl sites for hydroxylation is 2. The molecule has 2 aliphatic rings. The number of nitrogens with two attached hydrogens (primary N) is 1. The maximum atomic E-state index is 13.3. The molecule has 2 fully saturated rings. The van der Waals surface area contributed by atoms with Crippen LogP contribution in [0, 0.1) is 19.8 Å². The van der Waals surface area contributed by atoms with Crippen LogP contribution < -0.4 is 11.1 Å². The number of benzene rings is 2. The number of hydrogen-bond acceptors (Lipinski definition) is 4. The molecule has 0 unspecified atom stereocenters. The third-order valence-corrected chi connectivity index (χ3v) is 7.59. The van der Waals surface area contributed by atoms with E-state index in [1.54, 1.807) is 12.1 Å². The van der Waals surface area contributed by atoms with Gasteiger partial charge in [-0.2, -0.15) is 0 Å². The second-order valence-corrected chi connectivity index (χ2v) is 9.84. The van der Waals surface area contributed by atoms with Crippen LogP contribution in [0.25, 0.3) is 0 Å². The minimum atomic E-state index is -0.835. The third-order valence-electron chi connectivity index (χ3n) is 7.59. The second kappa shape index (κ2) is 11.0. The van der Waals surface area contributed by atoms with E-state index in [2.05, 4.69) is 10.2 Å². The van der Waals surface area contributed by atoms with Crippen molar-refractivity contribution < 1.29 is 14.4 Å². The molecule has 35 heavy (non-hydrogen) atoms. The van der Waals surface area contributed by atoms with Crippen molar-refractivity contribution in [3.63, 3.8) is 0 Å². The number of nitrogens with one attached hydrogen (secondary N) is 1. The Labute approximate surface area is 207 Å². The summed E-state index contributed by atoms with van der Waals surface area (Å²) in [5.41, 5.74) is 9.36. The number of carbonyl (C=O) groups is 3. The molecule has 1 saturated carbocycles. The molecule has 0 bridgehead atoms. The second-order valence-electron chi connectivity index (χ2n) is 9.84. The molecule has 7 nitrogen and oxygen atoms in total. The molecule has 1 heterocycles. The van der Waals surface area contributed by atoms with E-state index in [0.29, 0.717) is 18.7 Å². The molecular formula is C28H36N4O3. The quantitative estimate of drug-likeness (QED) is 0.670. The molecule has 3 N–H and O–H groups in total. The van der Waals surface area contributed by atoms with E-state index in [-0.39, 0.29) is 23.8 Å². The van der Waals surface area contributed by atoms with Gasteiger partial charge in [0.25, 0.3) is 5.91 Å². The molecule has 7 heteroatoms. The summed E-state index contributed by atoms with van der Waals surface area (Å²) in [5.74, 6) is -0.805. The molecule has 3 atom stereocenters. The summed E-state index contributed by atoms with van der Waals surface area (Å²) >= 11 is 0. The highest BCUT2D eigenvalue weighted by molar-refractivity contribution is 5.94. The van der Waals surface area contributed by atoms with Gasteiger partial charge in [0.2, 0.25) is 11.8 Å². The first-order valence-electron chi connectivity index (χ1n) is 12.6. The Balaban J connectivity index is 1.40. The summed E-state index contributed by atoms with van der Waals surface area (Å²) in [6.45, 7) is 6.84. The monoisotopic (exact) mass is 476 g/mol. The summed E-state index contributed by atoms with van der Waals surface area (Å²) in [4.78, 5) is 42.8. The summed E-state index contributed by atoms with van der Waals surface area (Å²) in [7, 11) is 0. The van der Waals surface area contributed by atoms with Gasteiger partial charge >= 0.3 is 0 Å². The fourth-order valence-electron chi connectivity index (χ4n) is 5.38. The van der Waals surface area contributed by atoms with Gasteiger partial charge in [0.1, 0.15) is 6.04 Å². The smallest absolute Gasteiger partial charge is 0.253 e. The van der Waals surface area contributed by atoms with Crippen molar-refractivity contribution >= 4 is 17.7 Å². The zero-order valence-electron chi connectivity index (χ0n) is 20.7. The minimum Gasteiger partial charge on any atom is -0.368 e. The van der Waals surface area contributed by atoms with Gasteiger partial charge in [-0.15, -0.1) is 0 Å². The van der Waals surface area contributed by atoms with Crippen LogP contribution in [0.1, 0.15) is 58.8 Å². The van der Waals surface area contributed by atoms with Crippen LogP contribution in [-0.4, -0.2) is 59.7 Å². The number of hydrogen-bond donors (Lipinski definition) is 2. The lowest BCUT2D eigenvalue weighted by Gasteiger charge is -2.44. The molecule has 0 spiro atoms. The SMILES string of the molecule is Cc1ccc(C(=O)N2CCN([C@@H]3CCCC[C@H]3C(=O)N[C@H](C(N)=O)c3ccccc3)CC2)cc1C. The van der Waals surface area contributed by atoms with Gasteiger partial charge in [-0.3, -0.25) is 19.3 Å². The standard InChI is InChI=1S/C28H36N4O3/c1-19-12-13-22(18-20(19)2)28(35)32-16-14-31(15-17-32)24-11-7-6-10-23(24)27(34)30-25(26(29)33)21-8-4-3-5-9-21/h3-5,8-9,12-13,18,23-25H,6-7,10-11,14-17H2,1-2H3,(H2,29,33)(H,30,34)/t23-,24-,25+/m1/s1. The van der Waals surface area contributed by atoms with Crippen molar-refractivity contribution in [3.05, 3.63) is 70.8 Å². The zero-order chi connectivity index (χ0) is 24.9. The number of carbonyl (C=O) groups excluding carboxylic acids is 3. The van der Waals surface area contributed by atoms with Crippen LogP contribution in [-0.2, 0) is 9.59 Å². The number of piperazine rings is 1. The number of nitrogens with zero attached hydrogens (tertiary/aromatic N) is 2. The molecule has 1 aliphatic carbocycles. The molecule has 0 radical (unpaired) electrons. The maximum Gasteiger partial charge on any atom is 0.253 e. The molecule has 0 aromatic heterocycles. The fourth-order valence-corrected chi connectivity index (χ4v) is 5.38. The fraction of sp³-hybridized carbons (Fsp3) is 0.464. The molecule has 186 valence electrons. The Morgan fingerprint density at radius 3 is 2.26 bits per heavy atom. The van der Waals surface area contributed by atoms with Crippen molar-refractivity contribution in [2.24, 2.45) is 11.7 Å². The topological polar surface area (TPSA) is 95.7 Å². The first kappa shape index (κ1) is 24.9. The van der Waals surface area contributed by atoms with Gasteiger partial charge in [0.15, 0.2) is 0 Å².